The van der Waals surface area contributed by atoms with E-state index >= 15 is 0 Å². The third-order valence-electron chi connectivity index (χ3n) is 2.52. The van der Waals surface area contributed by atoms with Gasteiger partial charge in [-0.2, -0.15) is 0 Å². The maximum atomic E-state index is 11.4. The van der Waals surface area contributed by atoms with Crippen LogP contribution in [0.3, 0.4) is 0 Å². The van der Waals surface area contributed by atoms with Crippen LogP contribution in [0.5, 0.6) is 0 Å². The Morgan fingerprint density at radius 2 is 2.24 bits per heavy atom. The Kier molecular flexibility index (Phi) is 4.90. The van der Waals surface area contributed by atoms with E-state index in [9.17, 15) is 4.79 Å². The number of hydrogen-bond donors (Lipinski definition) is 1. The number of ether oxygens (including phenoxy) is 1. The van der Waals surface area contributed by atoms with E-state index in [4.69, 9.17) is 5.11 Å². The molecule has 0 amide bonds. The van der Waals surface area contributed by atoms with Crippen LogP contribution in [-0.4, -0.2) is 43.4 Å². The Bertz CT molecular complexity index is 393. The maximum absolute atomic E-state index is 11.4. The molecule has 17 heavy (non-hydrogen) atoms. The zero-order valence-electron chi connectivity index (χ0n) is 10.4. The summed E-state index contributed by atoms with van der Waals surface area (Å²) < 4.78 is 4.66. The van der Waals surface area contributed by atoms with Gasteiger partial charge in [0, 0.05) is 20.2 Å². The number of aliphatic hydroxyl groups excluding tert-OH is 1. The van der Waals surface area contributed by atoms with Crippen molar-refractivity contribution in [3.8, 4) is 0 Å². The molecule has 5 nitrogen and oxygen atoms in total. The fraction of sp³-hybridized carbons (Fsp3) is 0.500. The number of carbonyl (C=O) groups excluding carboxylic acids is 1. The largest absolute Gasteiger partial charge is 0.465 e. The van der Waals surface area contributed by atoms with Gasteiger partial charge in [-0.25, -0.2) is 9.78 Å². The van der Waals surface area contributed by atoms with Gasteiger partial charge < -0.3 is 14.7 Å². The molecule has 1 aromatic rings. The minimum Gasteiger partial charge on any atom is -0.465 e. The quantitative estimate of drug-likeness (QED) is 0.775. The van der Waals surface area contributed by atoms with E-state index < -0.39 is 0 Å². The first-order chi connectivity index (χ1) is 8.10. The number of carbonyl (C=O) groups is 1. The van der Waals surface area contributed by atoms with Crippen molar-refractivity contribution in [3.05, 3.63) is 23.4 Å². The molecule has 0 saturated carbocycles. The van der Waals surface area contributed by atoms with Crippen LogP contribution in [-0.2, 0) is 4.74 Å². The fourth-order valence-corrected chi connectivity index (χ4v) is 1.51. The summed E-state index contributed by atoms with van der Waals surface area (Å²) in [6.45, 7) is 2.65. The van der Waals surface area contributed by atoms with Crippen molar-refractivity contribution in [1.82, 2.24) is 4.98 Å². The Morgan fingerprint density at radius 3 is 2.76 bits per heavy atom. The number of aromatic nitrogens is 1. The topological polar surface area (TPSA) is 62.7 Å². The molecule has 0 saturated heterocycles. The second kappa shape index (κ2) is 6.20. The Balaban J connectivity index is 2.84. The lowest BCUT2D eigenvalue weighted by Gasteiger charge is -2.18. The number of anilines is 1. The SMILES string of the molecule is COC(=O)c1ccc(N(C)CCCO)nc1C. The number of hydrogen-bond acceptors (Lipinski definition) is 5. The summed E-state index contributed by atoms with van der Waals surface area (Å²) in [5, 5.41) is 8.76. The van der Waals surface area contributed by atoms with Gasteiger partial charge in [-0.1, -0.05) is 0 Å². The second-order valence-corrected chi connectivity index (χ2v) is 3.79. The van der Waals surface area contributed by atoms with Crippen LogP contribution in [0, 0.1) is 6.92 Å². The van der Waals surface area contributed by atoms with Gasteiger partial charge in [0.1, 0.15) is 5.82 Å². The highest BCUT2D eigenvalue weighted by atomic mass is 16.5. The van der Waals surface area contributed by atoms with Crippen molar-refractivity contribution in [3.63, 3.8) is 0 Å². The van der Waals surface area contributed by atoms with Crippen LogP contribution in [0.1, 0.15) is 22.5 Å². The van der Waals surface area contributed by atoms with Crippen molar-refractivity contribution in [2.75, 3.05) is 32.2 Å². The standard InChI is InChI=1S/C12H18N2O3/c1-9-10(12(16)17-3)5-6-11(13-9)14(2)7-4-8-15/h5-6,15H,4,7-8H2,1-3H3. The second-order valence-electron chi connectivity index (χ2n) is 3.79. The fourth-order valence-electron chi connectivity index (χ4n) is 1.51. The molecule has 1 heterocycles. The van der Waals surface area contributed by atoms with Crippen LogP contribution >= 0.6 is 0 Å². The highest BCUT2D eigenvalue weighted by molar-refractivity contribution is 5.90. The molecule has 1 aromatic heterocycles. The third-order valence-corrected chi connectivity index (χ3v) is 2.52. The first-order valence-electron chi connectivity index (χ1n) is 5.48. The van der Waals surface area contributed by atoms with Gasteiger partial charge in [-0.15, -0.1) is 0 Å². The molecule has 94 valence electrons. The molecule has 0 aliphatic carbocycles. The van der Waals surface area contributed by atoms with Crippen LogP contribution in [0.4, 0.5) is 5.82 Å². The maximum Gasteiger partial charge on any atom is 0.339 e. The van der Waals surface area contributed by atoms with Crippen molar-refractivity contribution >= 4 is 11.8 Å². The minimum absolute atomic E-state index is 0.156. The van der Waals surface area contributed by atoms with Gasteiger partial charge in [-0.05, 0) is 25.5 Å². The molecular weight excluding hydrogens is 220 g/mol. The smallest absolute Gasteiger partial charge is 0.339 e. The lowest BCUT2D eigenvalue weighted by atomic mass is 10.2. The van der Waals surface area contributed by atoms with E-state index in [1.807, 2.05) is 11.9 Å². The van der Waals surface area contributed by atoms with Gasteiger partial charge >= 0.3 is 5.97 Å². The average Bonchev–Trinajstić information content (AvgIpc) is 2.34. The summed E-state index contributed by atoms with van der Waals surface area (Å²) in [7, 11) is 3.25. The zero-order valence-corrected chi connectivity index (χ0v) is 10.4. The van der Waals surface area contributed by atoms with E-state index in [1.165, 1.54) is 7.11 Å². The summed E-state index contributed by atoms with van der Waals surface area (Å²) in [6, 6.07) is 3.48. The highest BCUT2D eigenvalue weighted by Crippen LogP contribution is 2.14. The molecule has 0 aromatic carbocycles. The van der Waals surface area contributed by atoms with Crippen LogP contribution in [0.15, 0.2) is 12.1 Å². The van der Waals surface area contributed by atoms with Crippen LogP contribution in [0.2, 0.25) is 0 Å². The average molecular weight is 238 g/mol. The van der Waals surface area contributed by atoms with Crippen molar-refractivity contribution < 1.29 is 14.6 Å². The molecule has 0 radical (unpaired) electrons. The van der Waals surface area contributed by atoms with Gasteiger partial charge in [0.25, 0.3) is 0 Å². The monoisotopic (exact) mass is 238 g/mol. The first kappa shape index (κ1) is 13.4. The summed E-state index contributed by atoms with van der Waals surface area (Å²) in [5.74, 6) is 0.406. The number of esters is 1. The molecule has 0 spiro atoms. The number of aliphatic hydroxyl groups is 1. The van der Waals surface area contributed by atoms with E-state index in [-0.39, 0.29) is 12.6 Å². The van der Waals surface area contributed by atoms with Crippen molar-refractivity contribution in [2.24, 2.45) is 0 Å². The van der Waals surface area contributed by atoms with Crippen molar-refractivity contribution in [2.45, 2.75) is 13.3 Å². The molecule has 1 N–H and O–H groups in total. The third kappa shape index (κ3) is 3.42. The van der Waals surface area contributed by atoms with Crippen LogP contribution < -0.4 is 4.90 Å². The number of aryl methyl sites for hydroxylation is 1. The van der Waals surface area contributed by atoms with Crippen LogP contribution in [0.25, 0.3) is 0 Å². The summed E-state index contributed by atoms with van der Waals surface area (Å²) in [6.07, 6.45) is 0.690. The molecule has 1 rings (SSSR count). The lowest BCUT2D eigenvalue weighted by molar-refractivity contribution is 0.0599. The van der Waals surface area contributed by atoms with Gasteiger partial charge in [0.2, 0.25) is 0 Å². The molecule has 0 aliphatic heterocycles. The minimum atomic E-state index is -0.375. The molecule has 0 aliphatic rings. The van der Waals surface area contributed by atoms with Gasteiger partial charge in [0.15, 0.2) is 0 Å². The van der Waals surface area contributed by atoms with E-state index in [1.54, 1.807) is 19.1 Å². The number of methoxy groups -OCH3 is 1. The van der Waals surface area contributed by atoms with E-state index in [0.717, 1.165) is 12.4 Å². The molecule has 0 atom stereocenters. The number of rotatable bonds is 5. The van der Waals surface area contributed by atoms with Gasteiger partial charge in [-0.3, -0.25) is 0 Å². The summed E-state index contributed by atoms with van der Waals surface area (Å²) in [5.41, 5.74) is 1.12. The van der Waals surface area contributed by atoms with Crippen molar-refractivity contribution in [1.29, 1.82) is 0 Å². The molecule has 0 fully saturated rings. The Morgan fingerprint density at radius 1 is 1.53 bits per heavy atom. The first-order valence-corrected chi connectivity index (χ1v) is 5.48. The number of pyridine rings is 1. The number of nitrogens with zero attached hydrogens (tertiary/aromatic N) is 2. The normalized spacial score (nSPS) is 10.1. The summed E-state index contributed by atoms with van der Waals surface area (Å²) >= 11 is 0. The van der Waals surface area contributed by atoms with E-state index in [2.05, 4.69) is 9.72 Å². The predicted molar refractivity (Wildman–Crippen MR) is 65.3 cm³/mol. The highest BCUT2D eigenvalue weighted by Gasteiger charge is 2.11. The Hall–Kier alpha value is -1.62. The lowest BCUT2D eigenvalue weighted by Crippen LogP contribution is -2.21. The molecular formula is C12H18N2O3. The molecule has 0 bridgehead atoms. The molecule has 5 heteroatoms. The van der Waals surface area contributed by atoms with E-state index in [0.29, 0.717) is 17.7 Å². The predicted octanol–water partition coefficient (Wildman–Crippen LogP) is 0.995. The Labute approximate surface area is 101 Å². The van der Waals surface area contributed by atoms with Gasteiger partial charge in [0.05, 0.1) is 18.4 Å². The summed E-state index contributed by atoms with van der Waals surface area (Å²) in [4.78, 5) is 17.7. The zero-order chi connectivity index (χ0) is 12.8. The molecule has 0 unspecified atom stereocenters.